The van der Waals surface area contributed by atoms with Crippen LogP contribution in [0.15, 0.2) is 36.7 Å². The van der Waals surface area contributed by atoms with E-state index < -0.39 is 0 Å². The molecular formula is C18H25ClN4. The second-order valence-corrected chi connectivity index (χ2v) is 6.94. The zero-order chi connectivity index (χ0) is 16.2. The van der Waals surface area contributed by atoms with E-state index in [1.807, 2.05) is 37.6 Å². The standard InChI is InChI=1S/C18H25ClN4/c1-22-10-5-6-14(13-22)12-21-17(18-20-9-11-23(18)2)15-7-3-4-8-16(15)19/h3-4,7-9,11,14,17,21H,5-6,10,12-13H2,1-2H3/t14-,17+/m0/s1. The number of nitrogens with one attached hydrogen (secondary N) is 1. The van der Waals surface area contributed by atoms with Gasteiger partial charge in [-0.2, -0.15) is 0 Å². The molecule has 2 aromatic rings. The zero-order valence-corrected chi connectivity index (χ0v) is 14.6. The SMILES string of the molecule is CN1CCC[C@@H](CN[C@H](c2ccccc2Cl)c2nccn2C)C1. The molecule has 0 unspecified atom stereocenters. The molecule has 23 heavy (non-hydrogen) atoms. The third-order valence-corrected chi connectivity index (χ3v) is 5.01. The Labute approximate surface area is 143 Å². The number of nitrogens with zero attached hydrogens (tertiary/aromatic N) is 3. The van der Waals surface area contributed by atoms with Crippen molar-refractivity contribution >= 4 is 11.6 Å². The van der Waals surface area contributed by atoms with Crippen molar-refractivity contribution in [3.8, 4) is 0 Å². The Bertz CT molecular complexity index is 639. The van der Waals surface area contributed by atoms with E-state index >= 15 is 0 Å². The Morgan fingerprint density at radius 1 is 1.35 bits per heavy atom. The molecule has 0 radical (unpaired) electrons. The molecule has 0 amide bonds. The molecule has 1 saturated heterocycles. The normalized spacial score (nSPS) is 20.6. The molecule has 0 spiro atoms. The van der Waals surface area contributed by atoms with E-state index in [-0.39, 0.29) is 6.04 Å². The van der Waals surface area contributed by atoms with E-state index in [2.05, 4.69) is 32.9 Å². The second-order valence-electron chi connectivity index (χ2n) is 6.53. The summed E-state index contributed by atoms with van der Waals surface area (Å²) >= 11 is 6.45. The van der Waals surface area contributed by atoms with Crippen LogP contribution in [0.1, 0.15) is 30.3 Å². The van der Waals surface area contributed by atoms with Gasteiger partial charge in [0.1, 0.15) is 5.82 Å². The molecule has 1 aliphatic heterocycles. The van der Waals surface area contributed by atoms with Gasteiger partial charge in [0.25, 0.3) is 0 Å². The van der Waals surface area contributed by atoms with Crippen LogP contribution in [0.25, 0.3) is 0 Å². The van der Waals surface area contributed by atoms with Gasteiger partial charge in [-0.25, -0.2) is 4.98 Å². The van der Waals surface area contributed by atoms with Crippen molar-refractivity contribution in [2.24, 2.45) is 13.0 Å². The lowest BCUT2D eigenvalue weighted by Gasteiger charge is -2.31. The van der Waals surface area contributed by atoms with Crippen LogP contribution in [-0.4, -0.2) is 41.1 Å². The van der Waals surface area contributed by atoms with Crippen LogP contribution in [0.3, 0.4) is 0 Å². The minimum Gasteiger partial charge on any atom is -0.336 e. The van der Waals surface area contributed by atoms with Gasteiger partial charge < -0.3 is 14.8 Å². The first-order valence-corrected chi connectivity index (χ1v) is 8.66. The molecule has 2 heterocycles. The number of halogens is 1. The van der Waals surface area contributed by atoms with Crippen molar-refractivity contribution < 1.29 is 0 Å². The predicted molar refractivity (Wildman–Crippen MR) is 94.7 cm³/mol. The van der Waals surface area contributed by atoms with Crippen LogP contribution in [0, 0.1) is 5.92 Å². The Morgan fingerprint density at radius 2 is 2.17 bits per heavy atom. The molecule has 1 aromatic heterocycles. The van der Waals surface area contributed by atoms with E-state index in [1.54, 1.807) is 0 Å². The fourth-order valence-electron chi connectivity index (χ4n) is 3.43. The summed E-state index contributed by atoms with van der Waals surface area (Å²) in [5, 5.41) is 4.50. The molecule has 4 nitrogen and oxygen atoms in total. The third-order valence-electron chi connectivity index (χ3n) is 4.67. The van der Waals surface area contributed by atoms with Gasteiger partial charge in [-0.05, 0) is 44.0 Å². The Kier molecular flexibility index (Phi) is 5.36. The minimum atomic E-state index is 0.0240. The average Bonchev–Trinajstić information content (AvgIpc) is 2.95. The molecule has 5 heteroatoms. The maximum Gasteiger partial charge on any atom is 0.130 e. The predicted octanol–water partition coefficient (Wildman–Crippen LogP) is 3.09. The number of hydrogen-bond donors (Lipinski definition) is 1. The van der Waals surface area contributed by atoms with Crippen LogP contribution in [0.5, 0.6) is 0 Å². The summed E-state index contributed by atoms with van der Waals surface area (Å²) in [4.78, 5) is 6.96. The van der Waals surface area contributed by atoms with Crippen molar-refractivity contribution in [2.75, 3.05) is 26.7 Å². The van der Waals surface area contributed by atoms with E-state index in [9.17, 15) is 0 Å². The van der Waals surface area contributed by atoms with Crippen molar-refractivity contribution in [3.63, 3.8) is 0 Å². The summed E-state index contributed by atoms with van der Waals surface area (Å²) in [5.74, 6) is 1.68. The number of likely N-dealkylation sites (tertiary alicyclic amines) is 1. The largest absolute Gasteiger partial charge is 0.336 e. The van der Waals surface area contributed by atoms with Gasteiger partial charge in [0, 0.05) is 37.6 Å². The van der Waals surface area contributed by atoms with Gasteiger partial charge in [0.05, 0.1) is 6.04 Å². The number of piperidine rings is 1. The molecule has 124 valence electrons. The van der Waals surface area contributed by atoms with Gasteiger partial charge in [0.2, 0.25) is 0 Å². The summed E-state index contributed by atoms with van der Waals surface area (Å²) in [7, 11) is 4.23. The molecular weight excluding hydrogens is 308 g/mol. The minimum absolute atomic E-state index is 0.0240. The molecule has 0 bridgehead atoms. The van der Waals surface area contributed by atoms with Gasteiger partial charge in [-0.3, -0.25) is 0 Å². The van der Waals surface area contributed by atoms with E-state index in [0.29, 0.717) is 5.92 Å². The van der Waals surface area contributed by atoms with Crippen LogP contribution in [0.4, 0.5) is 0 Å². The lowest BCUT2D eigenvalue weighted by Crippen LogP contribution is -2.39. The fourth-order valence-corrected chi connectivity index (χ4v) is 3.67. The first-order valence-electron chi connectivity index (χ1n) is 8.28. The van der Waals surface area contributed by atoms with Crippen LogP contribution < -0.4 is 5.32 Å². The van der Waals surface area contributed by atoms with Crippen molar-refractivity contribution in [2.45, 2.75) is 18.9 Å². The lowest BCUT2D eigenvalue weighted by molar-refractivity contribution is 0.204. The maximum absolute atomic E-state index is 6.45. The van der Waals surface area contributed by atoms with Crippen LogP contribution in [-0.2, 0) is 7.05 Å². The van der Waals surface area contributed by atoms with E-state index in [0.717, 1.165) is 29.5 Å². The fraction of sp³-hybridized carbons (Fsp3) is 0.500. The zero-order valence-electron chi connectivity index (χ0n) is 13.9. The molecule has 1 aliphatic rings. The van der Waals surface area contributed by atoms with Crippen molar-refractivity contribution in [1.82, 2.24) is 19.8 Å². The Balaban J connectivity index is 1.79. The van der Waals surface area contributed by atoms with E-state index in [1.165, 1.54) is 19.4 Å². The lowest BCUT2D eigenvalue weighted by atomic mass is 9.97. The van der Waals surface area contributed by atoms with Crippen LogP contribution in [0.2, 0.25) is 5.02 Å². The van der Waals surface area contributed by atoms with Crippen molar-refractivity contribution in [3.05, 3.63) is 53.1 Å². The number of imidazole rings is 1. The average molecular weight is 333 g/mol. The quantitative estimate of drug-likeness (QED) is 0.913. The molecule has 1 aromatic carbocycles. The maximum atomic E-state index is 6.45. The third kappa shape index (κ3) is 3.94. The highest BCUT2D eigenvalue weighted by Crippen LogP contribution is 2.27. The Morgan fingerprint density at radius 3 is 2.87 bits per heavy atom. The summed E-state index contributed by atoms with van der Waals surface area (Å²) in [6.45, 7) is 3.35. The van der Waals surface area contributed by atoms with Gasteiger partial charge in [-0.1, -0.05) is 29.8 Å². The first-order chi connectivity index (χ1) is 11.1. The summed E-state index contributed by atoms with van der Waals surface area (Å²) in [6.07, 6.45) is 6.39. The van der Waals surface area contributed by atoms with Gasteiger partial charge in [-0.15, -0.1) is 0 Å². The van der Waals surface area contributed by atoms with Gasteiger partial charge >= 0.3 is 0 Å². The summed E-state index contributed by atoms with van der Waals surface area (Å²) in [5.41, 5.74) is 1.09. The summed E-state index contributed by atoms with van der Waals surface area (Å²) < 4.78 is 2.06. The first kappa shape index (κ1) is 16.5. The Hall–Kier alpha value is -1.36. The van der Waals surface area contributed by atoms with Gasteiger partial charge in [0.15, 0.2) is 0 Å². The van der Waals surface area contributed by atoms with E-state index in [4.69, 9.17) is 11.6 Å². The molecule has 2 atom stereocenters. The highest BCUT2D eigenvalue weighted by atomic mass is 35.5. The molecule has 0 aliphatic carbocycles. The monoisotopic (exact) mass is 332 g/mol. The van der Waals surface area contributed by atoms with Crippen molar-refractivity contribution in [1.29, 1.82) is 0 Å². The highest BCUT2D eigenvalue weighted by molar-refractivity contribution is 6.31. The number of benzene rings is 1. The number of aromatic nitrogens is 2. The number of rotatable bonds is 5. The summed E-state index contributed by atoms with van der Waals surface area (Å²) in [6, 6.07) is 8.06. The molecule has 3 rings (SSSR count). The van der Waals surface area contributed by atoms with Crippen LogP contribution >= 0.6 is 11.6 Å². The smallest absolute Gasteiger partial charge is 0.130 e. The molecule has 1 fully saturated rings. The second kappa shape index (κ2) is 7.47. The number of hydrogen-bond acceptors (Lipinski definition) is 3. The molecule has 0 saturated carbocycles. The highest BCUT2D eigenvalue weighted by Gasteiger charge is 2.23. The number of aryl methyl sites for hydroxylation is 1. The molecule has 1 N–H and O–H groups in total. The topological polar surface area (TPSA) is 33.1 Å².